The number of benzene rings is 1. The lowest BCUT2D eigenvalue weighted by molar-refractivity contribution is 0.493. The highest BCUT2D eigenvalue weighted by Gasteiger charge is 2.16. The van der Waals surface area contributed by atoms with E-state index in [4.69, 9.17) is 0 Å². The molecule has 0 aliphatic rings. The van der Waals surface area contributed by atoms with E-state index in [0.717, 1.165) is 11.5 Å². The Morgan fingerprint density at radius 1 is 1.27 bits per heavy atom. The maximum Gasteiger partial charge on any atom is 0.0104 e. The summed E-state index contributed by atoms with van der Waals surface area (Å²) in [7, 11) is 0. The van der Waals surface area contributed by atoms with Crippen LogP contribution in [0, 0.1) is 19.3 Å². The maximum absolute atomic E-state index is 4.38. The third-order valence-electron chi connectivity index (χ3n) is 2.39. The Morgan fingerprint density at radius 2 is 1.93 bits per heavy atom. The third-order valence-corrected chi connectivity index (χ3v) is 4.92. The molecule has 0 spiro atoms. The van der Waals surface area contributed by atoms with Gasteiger partial charge in [0.25, 0.3) is 0 Å². The fourth-order valence-corrected chi connectivity index (χ4v) is 2.66. The summed E-state index contributed by atoms with van der Waals surface area (Å²) in [6.45, 7) is 8.85. The lowest BCUT2D eigenvalue weighted by Gasteiger charge is -2.21. The van der Waals surface area contributed by atoms with Gasteiger partial charge in [0, 0.05) is 10.6 Å². The second-order valence-corrected chi connectivity index (χ2v) is 6.21. The Balaban J connectivity index is 2.69. The van der Waals surface area contributed by atoms with Gasteiger partial charge in [0.2, 0.25) is 0 Å². The van der Waals surface area contributed by atoms with Gasteiger partial charge in [0.05, 0.1) is 0 Å². The summed E-state index contributed by atoms with van der Waals surface area (Å²) in [5.41, 5.74) is 3.02. The van der Waals surface area contributed by atoms with E-state index in [1.165, 1.54) is 16.0 Å². The molecule has 0 fully saturated rings. The van der Waals surface area contributed by atoms with Gasteiger partial charge in [-0.3, -0.25) is 0 Å². The minimum atomic E-state index is 0.309. The molecular formula is C13H20S2. The van der Waals surface area contributed by atoms with Gasteiger partial charge in [-0.2, -0.15) is 12.6 Å². The average molecular weight is 240 g/mol. The van der Waals surface area contributed by atoms with E-state index in [-0.39, 0.29) is 0 Å². The largest absolute Gasteiger partial charge is 0.179 e. The van der Waals surface area contributed by atoms with E-state index in [1.54, 1.807) is 0 Å². The molecule has 0 radical (unpaired) electrons. The van der Waals surface area contributed by atoms with Crippen molar-refractivity contribution in [3.63, 3.8) is 0 Å². The molecule has 0 aliphatic heterocycles. The summed E-state index contributed by atoms with van der Waals surface area (Å²) >= 11 is 6.32. The van der Waals surface area contributed by atoms with Crippen LogP contribution in [-0.4, -0.2) is 11.5 Å². The summed E-state index contributed by atoms with van der Waals surface area (Å²) in [6, 6.07) is 6.64. The van der Waals surface area contributed by atoms with E-state index in [0.29, 0.717) is 5.41 Å². The molecule has 0 heterocycles. The first-order valence-corrected chi connectivity index (χ1v) is 6.87. The van der Waals surface area contributed by atoms with Crippen molar-refractivity contribution >= 4 is 24.4 Å². The van der Waals surface area contributed by atoms with Crippen LogP contribution in [0.3, 0.4) is 0 Å². The third kappa shape index (κ3) is 4.12. The molecule has 0 amide bonds. The van der Waals surface area contributed by atoms with Gasteiger partial charge in [0.15, 0.2) is 0 Å². The number of thioether (sulfide) groups is 1. The van der Waals surface area contributed by atoms with Gasteiger partial charge in [-0.1, -0.05) is 31.5 Å². The minimum absolute atomic E-state index is 0.309. The molecule has 0 aliphatic carbocycles. The van der Waals surface area contributed by atoms with Crippen molar-refractivity contribution in [3.05, 3.63) is 29.3 Å². The molecule has 0 aromatic heterocycles. The van der Waals surface area contributed by atoms with E-state index >= 15 is 0 Å². The van der Waals surface area contributed by atoms with Crippen LogP contribution in [0.1, 0.15) is 25.0 Å². The van der Waals surface area contributed by atoms with Gasteiger partial charge in [-0.15, -0.1) is 11.8 Å². The standard InChI is InChI=1S/C13H20S2/c1-10-5-6-11(2)12(7-10)15-9-13(3,4)8-14/h5-7,14H,8-9H2,1-4H3. The van der Waals surface area contributed by atoms with Gasteiger partial charge in [-0.25, -0.2) is 0 Å². The van der Waals surface area contributed by atoms with Crippen molar-refractivity contribution in [2.75, 3.05) is 11.5 Å². The molecule has 0 saturated heterocycles. The Hall–Kier alpha value is -0.0800. The molecule has 0 atom stereocenters. The lowest BCUT2D eigenvalue weighted by atomic mass is 10.0. The van der Waals surface area contributed by atoms with Crippen LogP contribution in [0.25, 0.3) is 0 Å². The van der Waals surface area contributed by atoms with Crippen LogP contribution < -0.4 is 0 Å². The quantitative estimate of drug-likeness (QED) is 0.603. The van der Waals surface area contributed by atoms with E-state index in [9.17, 15) is 0 Å². The van der Waals surface area contributed by atoms with Crippen molar-refractivity contribution in [1.82, 2.24) is 0 Å². The lowest BCUT2D eigenvalue weighted by Crippen LogP contribution is -2.16. The van der Waals surface area contributed by atoms with Crippen LogP contribution in [0.2, 0.25) is 0 Å². The van der Waals surface area contributed by atoms with Crippen LogP contribution in [0.15, 0.2) is 23.1 Å². The molecular weight excluding hydrogens is 220 g/mol. The van der Waals surface area contributed by atoms with Crippen LogP contribution in [-0.2, 0) is 0 Å². The first kappa shape index (κ1) is 13.0. The van der Waals surface area contributed by atoms with Crippen molar-refractivity contribution < 1.29 is 0 Å². The fourth-order valence-electron chi connectivity index (χ4n) is 1.18. The Morgan fingerprint density at radius 3 is 2.53 bits per heavy atom. The van der Waals surface area contributed by atoms with Crippen molar-refractivity contribution in [3.8, 4) is 0 Å². The van der Waals surface area contributed by atoms with Crippen molar-refractivity contribution in [2.45, 2.75) is 32.6 Å². The number of thiol groups is 1. The molecule has 1 aromatic rings. The van der Waals surface area contributed by atoms with Gasteiger partial charge >= 0.3 is 0 Å². The molecule has 0 N–H and O–H groups in total. The van der Waals surface area contributed by atoms with Crippen LogP contribution >= 0.6 is 24.4 Å². The summed E-state index contributed by atoms with van der Waals surface area (Å²) in [6.07, 6.45) is 0. The van der Waals surface area contributed by atoms with E-state index in [1.807, 2.05) is 11.8 Å². The Kier molecular flexibility index (Phi) is 4.60. The summed E-state index contributed by atoms with van der Waals surface area (Å²) in [5, 5.41) is 0. The van der Waals surface area contributed by atoms with E-state index in [2.05, 4.69) is 58.5 Å². The minimum Gasteiger partial charge on any atom is -0.179 e. The number of aryl methyl sites for hydroxylation is 2. The summed E-state index contributed by atoms with van der Waals surface area (Å²) in [4.78, 5) is 1.41. The fraction of sp³-hybridized carbons (Fsp3) is 0.538. The predicted octanol–water partition coefficient (Wildman–Crippen LogP) is 4.35. The molecule has 0 unspecified atom stereocenters. The SMILES string of the molecule is Cc1ccc(C)c(SCC(C)(C)CS)c1. The molecule has 0 bridgehead atoms. The highest BCUT2D eigenvalue weighted by atomic mass is 32.2. The zero-order chi connectivity index (χ0) is 11.5. The number of hydrogen-bond donors (Lipinski definition) is 1. The topological polar surface area (TPSA) is 0 Å². The second-order valence-electron chi connectivity index (χ2n) is 4.88. The zero-order valence-electron chi connectivity index (χ0n) is 10.0. The zero-order valence-corrected chi connectivity index (χ0v) is 11.7. The van der Waals surface area contributed by atoms with Crippen molar-refractivity contribution in [1.29, 1.82) is 0 Å². The average Bonchev–Trinajstić information content (AvgIpc) is 2.20. The van der Waals surface area contributed by atoms with Gasteiger partial charge in [0.1, 0.15) is 0 Å². The maximum atomic E-state index is 4.38. The van der Waals surface area contributed by atoms with E-state index < -0.39 is 0 Å². The first-order valence-electron chi connectivity index (χ1n) is 5.25. The molecule has 0 saturated carbocycles. The molecule has 84 valence electrons. The normalized spacial score (nSPS) is 11.8. The molecule has 1 aromatic carbocycles. The Labute approximate surface area is 103 Å². The molecule has 2 heteroatoms. The second kappa shape index (κ2) is 5.31. The van der Waals surface area contributed by atoms with Gasteiger partial charge < -0.3 is 0 Å². The summed E-state index contributed by atoms with van der Waals surface area (Å²) in [5.74, 6) is 2.06. The number of hydrogen-bond acceptors (Lipinski definition) is 2. The smallest absolute Gasteiger partial charge is 0.0104 e. The molecule has 0 nitrogen and oxygen atoms in total. The van der Waals surface area contributed by atoms with Gasteiger partial charge in [-0.05, 0) is 36.6 Å². The molecule has 15 heavy (non-hydrogen) atoms. The Bertz CT molecular complexity index is 329. The van der Waals surface area contributed by atoms with Crippen molar-refractivity contribution in [2.24, 2.45) is 5.41 Å². The first-order chi connectivity index (χ1) is 6.94. The predicted molar refractivity (Wildman–Crippen MR) is 74.3 cm³/mol. The molecule has 1 rings (SSSR count). The monoisotopic (exact) mass is 240 g/mol. The highest BCUT2D eigenvalue weighted by molar-refractivity contribution is 7.99. The number of rotatable bonds is 4. The van der Waals surface area contributed by atoms with Crippen LogP contribution in [0.5, 0.6) is 0 Å². The van der Waals surface area contributed by atoms with Crippen LogP contribution in [0.4, 0.5) is 0 Å². The summed E-state index contributed by atoms with van der Waals surface area (Å²) < 4.78 is 0. The highest BCUT2D eigenvalue weighted by Crippen LogP contribution is 2.30.